The van der Waals surface area contributed by atoms with E-state index in [4.69, 9.17) is 8.83 Å². The van der Waals surface area contributed by atoms with Gasteiger partial charge >= 0.3 is 0 Å². The van der Waals surface area contributed by atoms with Gasteiger partial charge in [0.1, 0.15) is 0 Å². The predicted octanol–water partition coefficient (Wildman–Crippen LogP) is 15.4. The Morgan fingerprint density at radius 2 is 0.667 bits per heavy atom. The van der Waals surface area contributed by atoms with Crippen molar-refractivity contribution in [2.45, 2.75) is 43.9 Å². The maximum Gasteiger partial charge on any atom is 0.248 e. The van der Waals surface area contributed by atoms with Crippen molar-refractivity contribution in [3.63, 3.8) is 0 Å². The molecule has 2 aromatic heterocycles. The van der Waals surface area contributed by atoms with Crippen LogP contribution in [0.5, 0.6) is 0 Å². The topological polar surface area (TPSA) is 77.8 Å². The summed E-state index contributed by atoms with van der Waals surface area (Å²) in [6, 6.07) is 64.7. The van der Waals surface area contributed by atoms with Gasteiger partial charge in [-0.3, -0.25) is 0 Å². The summed E-state index contributed by atoms with van der Waals surface area (Å²) in [7, 11) is 0. The Kier molecular flexibility index (Phi) is 9.61. The highest BCUT2D eigenvalue weighted by Gasteiger charge is 2.52. The molecule has 0 fully saturated rings. The third-order valence-corrected chi connectivity index (χ3v) is 14.9. The van der Waals surface area contributed by atoms with Gasteiger partial charge in [-0.25, -0.2) is 0 Å². The molecule has 0 saturated heterocycles. The standard InChI is InChI=1S/C63H48N4O2/c1-7-39-17-27-45(28-18-39)61(3,4)47-31-21-41(22-32-47)57-64-66-59(68-57)43-25-35-51-49-13-9-11-15-53(49)63(55(51)37-43)54-16-12-10-14-50(54)52-36-26-44(38-56(52)63)60-67-65-58(69-60)42-23-33-48(34-24-42)62(5,6)46-29-19-40(8-2)20-30-46/h7-38H,1-2H2,3-6H3. The minimum absolute atomic E-state index is 0.200. The summed E-state index contributed by atoms with van der Waals surface area (Å²) in [6.45, 7) is 16.8. The summed E-state index contributed by atoms with van der Waals surface area (Å²) in [4.78, 5) is 0. The third-order valence-electron chi connectivity index (χ3n) is 14.9. The number of nitrogens with zero attached hydrogens (tertiary/aromatic N) is 4. The fourth-order valence-corrected chi connectivity index (χ4v) is 10.8. The van der Waals surface area contributed by atoms with Gasteiger partial charge in [0, 0.05) is 33.1 Å². The molecule has 0 amide bonds. The Hall–Kier alpha value is -8.48. The molecule has 10 aromatic rings. The van der Waals surface area contributed by atoms with E-state index in [0.29, 0.717) is 23.6 Å². The van der Waals surface area contributed by atoms with Crippen LogP contribution in [-0.4, -0.2) is 20.4 Å². The van der Waals surface area contributed by atoms with E-state index in [-0.39, 0.29) is 10.8 Å². The minimum Gasteiger partial charge on any atom is -0.416 e. The normalized spacial score (nSPS) is 13.2. The second kappa shape index (κ2) is 15.8. The van der Waals surface area contributed by atoms with Crippen LogP contribution in [0, 0.1) is 0 Å². The lowest BCUT2D eigenvalue weighted by molar-refractivity contribution is 0.584. The van der Waals surface area contributed by atoms with Crippen LogP contribution in [0.4, 0.5) is 0 Å². The van der Waals surface area contributed by atoms with E-state index in [9.17, 15) is 0 Å². The summed E-state index contributed by atoms with van der Waals surface area (Å²) in [5, 5.41) is 18.4. The van der Waals surface area contributed by atoms with E-state index >= 15 is 0 Å². The molecule has 2 heterocycles. The van der Waals surface area contributed by atoms with Crippen LogP contribution in [0.15, 0.2) is 204 Å². The summed E-state index contributed by atoms with van der Waals surface area (Å²) in [5.41, 5.74) is 18.9. The first kappa shape index (κ1) is 41.9. The van der Waals surface area contributed by atoms with Gasteiger partial charge in [-0.05, 0) is 126 Å². The van der Waals surface area contributed by atoms with Crippen LogP contribution in [0.1, 0.15) is 83.3 Å². The van der Waals surface area contributed by atoms with Crippen molar-refractivity contribution in [3.8, 4) is 68.1 Å². The molecule has 0 atom stereocenters. The monoisotopic (exact) mass is 892 g/mol. The van der Waals surface area contributed by atoms with Gasteiger partial charge in [-0.1, -0.05) is 186 Å². The lowest BCUT2D eigenvalue weighted by atomic mass is 9.70. The van der Waals surface area contributed by atoms with Crippen LogP contribution in [0.3, 0.4) is 0 Å². The Labute approximate surface area is 402 Å². The van der Waals surface area contributed by atoms with Crippen molar-refractivity contribution in [3.05, 3.63) is 251 Å². The first-order valence-electron chi connectivity index (χ1n) is 23.4. The number of benzene rings is 8. The van der Waals surface area contributed by atoms with Crippen LogP contribution in [0.25, 0.3) is 80.2 Å². The average Bonchev–Trinajstić information content (AvgIpc) is 4.21. The maximum atomic E-state index is 6.52. The second-order valence-electron chi connectivity index (χ2n) is 19.2. The quantitative estimate of drug-likeness (QED) is 0.136. The first-order valence-corrected chi connectivity index (χ1v) is 23.4. The highest BCUT2D eigenvalue weighted by Crippen LogP contribution is 2.63. The number of hydrogen-bond acceptors (Lipinski definition) is 6. The molecular weight excluding hydrogens is 845 g/mol. The van der Waals surface area contributed by atoms with Crippen molar-refractivity contribution in [2.75, 3.05) is 0 Å². The number of hydrogen-bond donors (Lipinski definition) is 0. The van der Waals surface area contributed by atoms with Crippen molar-refractivity contribution < 1.29 is 8.83 Å². The van der Waals surface area contributed by atoms with Crippen LogP contribution in [0.2, 0.25) is 0 Å². The number of aromatic nitrogens is 4. The molecule has 0 bridgehead atoms. The first-order chi connectivity index (χ1) is 33.6. The van der Waals surface area contributed by atoms with Crippen molar-refractivity contribution >= 4 is 12.2 Å². The largest absolute Gasteiger partial charge is 0.416 e. The Morgan fingerprint density at radius 1 is 0.362 bits per heavy atom. The molecule has 2 aliphatic carbocycles. The molecule has 8 aromatic carbocycles. The van der Waals surface area contributed by atoms with Crippen molar-refractivity contribution in [2.24, 2.45) is 0 Å². The molecule has 332 valence electrons. The molecule has 0 aliphatic heterocycles. The third kappa shape index (κ3) is 6.54. The summed E-state index contributed by atoms with van der Waals surface area (Å²) >= 11 is 0. The van der Waals surface area contributed by atoms with Crippen molar-refractivity contribution in [1.29, 1.82) is 0 Å². The van der Waals surface area contributed by atoms with E-state index < -0.39 is 5.41 Å². The molecular formula is C63H48N4O2. The van der Waals surface area contributed by atoms with Gasteiger partial charge in [0.2, 0.25) is 23.6 Å². The zero-order chi connectivity index (χ0) is 47.1. The van der Waals surface area contributed by atoms with Crippen LogP contribution in [-0.2, 0) is 16.2 Å². The zero-order valence-electron chi connectivity index (χ0n) is 39.0. The van der Waals surface area contributed by atoms with Gasteiger partial charge in [0.25, 0.3) is 0 Å². The number of fused-ring (bicyclic) bond motifs is 10. The predicted molar refractivity (Wildman–Crippen MR) is 278 cm³/mol. The molecule has 1 spiro atoms. The number of rotatable bonds is 10. The van der Waals surface area contributed by atoms with Gasteiger partial charge in [-0.15, -0.1) is 20.4 Å². The van der Waals surface area contributed by atoms with Gasteiger partial charge in [0.05, 0.1) is 5.41 Å². The average molecular weight is 893 g/mol. The lowest BCUT2D eigenvalue weighted by Crippen LogP contribution is -2.26. The smallest absolute Gasteiger partial charge is 0.248 e. The highest BCUT2D eigenvalue weighted by molar-refractivity contribution is 5.96. The molecule has 0 radical (unpaired) electrons. The lowest BCUT2D eigenvalue weighted by Gasteiger charge is -2.30. The Balaban J connectivity index is 0.894. The maximum absolute atomic E-state index is 6.52. The summed E-state index contributed by atoms with van der Waals surface area (Å²) in [5.74, 6) is 1.86. The minimum atomic E-state index is -0.640. The molecule has 6 heteroatoms. The Morgan fingerprint density at radius 3 is 1.03 bits per heavy atom. The molecule has 12 rings (SSSR count). The van der Waals surface area contributed by atoms with Gasteiger partial charge in [0.15, 0.2) is 0 Å². The molecule has 2 aliphatic rings. The van der Waals surface area contributed by atoms with E-state index in [2.05, 4.69) is 243 Å². The molecule has 6 nitrogen and oxygen atoms in total. The van der Waals surface area contributed by atoms with Gasteiger partial charge < -0.3 is 8.83 Å². The van der Waals surface area contributed by atoms with Crippen LogP contribution < -0.4 is 0 Å². The van der Waals surface area contributed by atoms with E-state index in [1.165, 1.54) is 55.6 Å². The summed E-state index contributed by atoms with van der Waals surface area (Å²) < 4.78 is 13.0. The van der Waals surface area contributed by atoms with Crippen molar-refractivity contribution in [1.82, 2.24) is 20.4 Å². The fourth-order valence-electron chi connectivity index (χ4n) is 10.8. The van der Waals surface area contributed by atoms with Gasteiger partial charge in [-0.2, -0.15) is 0 Å². The molecule has 0 saturated carbocycles. The van der Waals surface area contributed by atoms with Crippen LogP contribution >= 0.6 is 0 Å². The molecule has 0 unspecified atom stereocenters. The van der Waals surface area contributed by atoms with E-state index in [1.807, 2.05) is 12.2 Å². The second-order valence-corrected chi connectivity index (χ2v) is 19.2. The molecule has 69 heavy (non-hydrogen) atoms. The SMILES string of the molecule is C=Cc1ccc(C(C)(C)c2ccc(-c3nnc(-c4ccc5c(c4)C4(c6ccccc6-5)c5ccccc5-c5ccc(-c6nnc(-c7ccc(C(C)(C)c8ccc(C=C)cc8)cc7)o6)cc54)o3)cc2)cc1. The highest BCUT2D eigenvalue weighted by atomic mass is 16.4. The van der Waals surface area contributed by atoms with E-state index in [1.54, 1.807) is 0 Å². The summed E-state index contributed by atoms with van der Waals surface area (Å²) in [6.07, 6.45) is 3.74. The Bertz CT molecular complexity index is 3390. The molecule has 0 N–H and O–H groups in total. The van der Waals surface area contributed by atoms with E-state index in [0.717, 1.165) is 44.5 Å². The zero-order valence-corrected chi connectivity index (χ0v) is 39.0. The fraction of sp³-hybridized carbons (Fsp3) is 0.111.